The zero-order chi connectivity index (χ0) is 11.1. The first kappa shape index (κ1) is 12.9. The van der Waals surface area contributed by atoms with Gasteiger partial charge in [-0.05, 0) is 66.5 Å². The Morgan fingerprint density at radius 2 is 2.00 bits per heavy atom. The highest BCUT2D eigenvalue weighted by molar-refractivity contribution is 4.75. The number of nitrogens with one attached hydrogen (secondary N) is 1. The van der Waals surface area contributed by atoms with E-state index in [0.29, 0.717) is 0 Å². The highest BCUT2D eigenvalue weighted by Gasteiger charge is 2.18. The monoisotopic (exact) mass is 213 g/mol. The molecule has 3 heteroatoms. The van der Waals surface area contributed by atoms with E-state index >= 15 is 0 Å². The van der Waals surface area contributed by atoms with Gasteiger partial charge in [-0.15, -0.1) is 0 Å². The van der Waals surface area contributed by atoms with Crippen LogP contribution in [0.2, 0.25) is 0 Å². The second-order valence-electron chi connectivity index (χ2n) is 4.81. The summed E-state index contributed by atoms with van der Waals surface area (Å²) in [5, 5.41) is 3.19. The molecule has 15 heavy (non-hydrogen) atoms. The van der Waals surface area contributed by atoms with Crippen LogP contribution in [0.15, 0.2) is 0 Å². The lowest BCUT2D eigenvalue weighted by atomic mass is 10.2. The highest BCUT2D eigenvalue weighted by atomic mass is 15.2. The Kier molecular flexibility index (Phi) is 6.22. The first-order chi connectivity index (χ1) is 7.24. The number of likely N-dealkylation sites (tertiary alicyclic amines) is 1. The van der Waals surface area contributed by atoms with Gasteiger partial charge < -0.3 is 10.2 Å². The maximum absolute atomic E-state index is 3.19. The van der Waals surface area contributed by atoms with E-state index in [1.807, 2.05) is 7.05 Å². The molecule has 3 nitrogen and oxygen atoms in total. The van der Waals surface area contributed by atoms with Crippen LogP contribution in [0.4, 0.5) is 0 Å². The van der Waals surface area contributed by atoms with Gasteiger partial charge in [0.1, 0.15) is 0 Å². The van der Waals surface area contributed by atoms with E-state index in [1.54, 1.807) is 0 Å². The first-order valence-corrected chi connectivity index (χ1v) is 6.31. The molecule has 1 heterocycles. The van der Waals surface area contributed by atoms with Gasteiger partial charge in [-0.2, -0.15) is 0 Å². The van der Waals surface area contributed by atoms with Crippen molar-refractivity contribution < 1.29 is 0 Å². The van der Waals surface area contributed by atoms with E-state index in [9.17, 15) is 0 Å². The molecule has 1 aliphatic heterocycles. The Morgan fingerprint density at radius 3 is 2.60 bits per heavy atom. The van der Waals surface area contributed by atoms with Gasteiger partial charge in [-0.1, -0.05) is 0 Å². The topological polar surface area (TPSA) is 18.5 Å². The Bertz CT molecular complexity index is 155. The van der Waals surface area contributed by atoms with E-state index < -0.39 is 0 Å². The fourth-order valence-electron chi connectivity index (χ4n) is 2.37. The van der Waals surface area contributed by atoms with Crippen LogP contribution in [0, 0.1) is 0 Å². The lowest BCUT2D eigenvalue weighted by Crippen LogP contribution is -2.40. The summed E-state index contributed by atoms with van der Waals surface area (Å²) in [7, 11) is 4.26. The van der Waals surface area contributed by atoms with Crippen LogP contribution < -0.4 is 5.32 Å². The quantitative estimate of drug-likeness (QED) is 0.637. The fourth-order valence-corrected chi connectivity index (χ4v) is 2.37. The van der Waals surface area contributed by atoms with Crippen LogP contribution in [0.3, 0.4) is 0 Å². The van der Waals surface area contributed by atoms with Crippen molar-refractivity contribution in [3.05, 3.63) is 0 Å². The molecule has 0 bridgehead atoms. The zero-order valence-electron chi connectivity index (χ0n) is 10.6. The molecule has 0 saturated carbocycles. The van der Waals surface area contributed by atoms with Crippen LogP contribution in [0.5, 0.6) is 0 Å². The molecule has 1 N–H and O–H groups in total. The summed E-state index contributed by atoms with van der Waals surface area (Å²) in [6, 6.07) is 0.729. The van der Waals surface area contributed by atoms with Crippen LogP contribution >= 0.6 is 0 Å². The smallest absolute Gasteiger partial charge is 0.0194 e. The first-order valence-electron chi connectivity index (χ1n) is 6.31. The normalized spacial score (nSPS) is 20.0. The standard InChI is InChI=1S/C12H27N3/c1-12(15-9-4-5-10-15)11-14(3)8-6-7-13-2/h12-13H,4-11H2,1-3H3. The molecule has 1 atom stereocenters. The second kappa shape index (κ2) is 7.20. The van der Waals surface area contributed by atoms with Crippen molar-refractivity contribution in [3.8, 4) is 0 Å². The van der Waals surface area contributed by atoms with E-state index in [0.717, 1.165) is 12.6 Å². The Hall–Kier alpha value is -0.120. The lowest BCUT2D eigenvalue weighted by molar-refractivity contribution is 0.191. The van der Waals surface area contributed by atoms with Crippen molar-refractivity contribution in [1.82, 2.24) is 15.1 Å². The van der Waals surface area contributed by atoms with Gasteiger partial charge in [0.25, 0.3) is 0 Å². The average Bonchev–Trinajstić information content (AvgIpc) is 2.70. The van der Waals surface area contributed by atoms with Gasteiger partial charge in [0.05, 0.1) is 0 Å². The maximum atomic E-state index is 3.19. The number of hydrogen-bond acceptors (Lipinski definition) is 3. The third-order valence-electron chi connectivity index (χ3n) is 3.31. The van der Waals surface area contributed by atoms with Crippen molar-refractivity contribution in [2.75, 3.05) is 46.8 Å². The highest BCUT2D eigenvalue weighted by Crippen LogP contribution is 2.11. The summed E-state index contributed by atoms with van der Waals surface area (Å²) in [5.74, 6) is 0. The number of nitrogens with zero attached hydrogens (tertiary/aromatic N) is 2. The molecular formula is C12H27N3. The zero-order valence-corrected chi connectivity index (χ0v) is 10.6. The van der Waals surface area contributed by atoms with Gasteiger partial charge >= 0.3 is 0 Å². The van der Waals surface area contributed by atoms with Gasteiger partial charge in [0.2, 0.25) is 0 Å². The van der Waals surface area contributed by atoms with E-state index in [2.05, 4.69) is 29.1 Å². The van der Waals surface area contributed by atoms with Crippen LogP contribution in [0.1, 0.15) is 26.2 Å². The summed E-state index contributed by atoms with van der Waals surface area (Å²) < 4.78 is 0. The predicted octanol–water partition coefficient (Wildman–Crippen LogP) is 1.01. The molecule has 0 aliphatic carbocycles. The SMILES string of the molecule is CNCCCN(C)CC(C)N1CCCC1. The molecular weight excluding hydrogens is 186 g/mol. The summed E-state index contributed by atoms with van der Waals surface area (Å²) in [6.45, 7) is 8.53. The van der Waals surface area contributed by atoms with E-state index in [1.165, 1.54) is 45.4 Å². The molecule has 0 aromatic carbocycles. The number of likely N-dealkylation sites (N-methyl/N-ethyl adjacent to an activating group) is 1. The Labute approximate surface area is 94.8 Å². The van der Waals surface area contributed by atoms with Crippen molar-refractivity contribution in [2.45, 2.75) is 32.2 Å². The number of hydrogen-bond donors (Lipinski definition) is 1. The molecule has 1 aliphatic rings. The summed E-state index contributed by atoms with van der Waals surface area (Å²) in [4.78, 5) is 5.08. The molecule has 1 saturated heterocycles. The minimum absolute atomic E-state index is 0.729. The van der Waals surface area contributed by atoms with Crippen molar-refractivity contribution in [1.29, 1.82) is 0 Å². The molecule has 0 radical (unpaired) electrons. The van der Waals surface area contributed by atoms with Crippen LogP contribution in [-0.2, 0) is 0 Å². The van der Waals surface area contributed by atoms with Crippen LogP contribution in [-0.4, -0.2) is 62.7 Å². The third-order valence-corrected chi connectivity index (χ3v) is 3.31. The largest absolute Gasteiger partial charge is 0.320 e. The summed E-state index contributed by atoms with van der Waals surface area (Å²) in [5.41, 5.74) is 0. The average molecular weight is 213 g/mol. The molecule has 90 valence electrons. The minimum atomic E-state index is 0.729. The number of rotatable bonds is 7. The Balaban J connectivity index is 2.10. The van der Waals surface area contributed by atoms with Gasteiger partial charge in [0, 0.05) is 12.6 Å². The van der Waals surface area contributed by atoms with Gasteiger partial charge in [-0.3, -0.25) is 4.90 Å². The lowest BCUT2D eigenvalue weighted by Gasteiger charge is -2.28. The molecule has 1 unspecified atom stereocenters. The molecule has 1 fully saturated rings. The Morgan fingerprint density at radius 1 is 1.33 bits per heavy atom. The molecule has 0 aromatic rings. The van der Waals surface area contributed by atoms with E-state index in [4.69, 9.17) is 0 Å². The third kappa shape index (κ3) is 4.96. The van der Waals surface area contributed by atoms with E-state index in [-0.39, 0.29) is 0 Å². The molecule has 0 amide bonds. The van der Waals surface area contributed by atoms with Crippen molar-refractivity contribution >= 4 is 0 Å². The van der Waals surface area contributed by atoms with Crippen LogP contribution in [0.25, 0.3) is 0 Å². The maximum Gasteiger partial charge on any atom is 0.0194 e. The molecule has 0 spiro atoms. The van der Waals surface area contributed by atoms with Gasteiger partial charge in [0.15, 0.2) is 0 Å². The molecule has 1 rings (SSSR count). The summed E-state index contributed by atoms with van der Waals surface area (Å²) in [6.07, 6.45) is 4.04. The fraction of sp³-hybridized carbons (Fsp3) is 1.00. The minimum Gasteiger partial charge on any atom is -0.320 e. The second-order valence-corrected chi connectivity index (χ2v) is 4.81. The molecule has 0 aromatic heterocycles. The summed E-state index contributed by atoms with van der Waals surface area (Å²) >= 11 is 0. The van der Waals surface area contributed by atoms with Crippen molar-refractivity contribution in [2.24, 2.45) is 0 Å². The predicted molar refractivity (Wildman–Crippen MR) is 66.3 cm³/mol. The van der Waals surface area contributed by atoms with Crippen molar-refractivity contribution in [3.63, 3.8) is 0 Å². The van der Waals surface area contributed by atoms with Gasteiger partial charge in [-0.25, -0.2) is 0 Å².